The first-order chi connectivity index (χ1) is 6.09. The molecule has 3 nitrogen and oxygen atoms in total. The first kappa shape index (κ1) is 10.2. The van der Waals surface area contributed by atoms with E-state index >= 15 is 0 Å². The molecule has 0 saturated heterocycles. The minimum atomic E-state index is -0.297. The average Bonchev–Trinajstić information content (AvgIpc) is 2.03. The Labute approximate surface area is 85.3 Å². The van der Waals surface area contributed by atoms with Gasteiger partial charge in [-0.15, -0.1) is 0 Å². The smallest absolute Gasteiger partial charge is 0.303 e. The number of aromatic nitrogens is 1. The van der Waals surface area contributed by atoms with Crippen LogP contribution in [-0.2, 0) is 9.53 Å². The first-order valence-corrected chi connectivity index (χ1v) is 4.68. The number of nitrogens with zero attached hydrogens (tertiary/aromatic N) is 1. The van der Waals surface area contributed by atoms with Crippen molar-refractivity contribution in [2.24, 2.45) is 0 Å². The summed E-state index contributed by atoms with van der Waals surface area (Å²) in [6.07, 6.45) is -0.296. The second-order valence-corrected chi connectivity index (χ2v) is 3.45. The maximum Gasteiger partial charge on any atom is 0.303 e. The Balaban J connectivity index is 2.76. The van der Waals surface area contributed by atoms with E-state index in [1.54, 1.807) is 6.92 Å². The molecule has 0 aliphatic rings. The molecule has 1 unspecified atom stereocenters. The van der Waals surface area contributed by atoms with Crippen molar-refractivity contribution in [3.63, 3.8) is 0 Å². The number of carbonyl (C=O) groups is 1. The second kappa shape index (κ2) is 4.37. The van der Waals surface area contributed by atoms with Crippen molar-refractivity contribution in [3.05, 3.63) is 28.5 Å². The van der Waals surface area contributed by atoms with E-state index in [9.17, 15) is 4.79 Å². The van der Waals surface area contributed by atoms with E-state index in [-0.39, 0.29) is 12.1 Å². The molecule has 0 aromatic carbocycles. The van der Waals surface area contributed by atoms with E-state index in [2.05, 4.69) is 20.9 Å². The van der Waals surface area contributed by atoms with E-state index in [4.69, 9.17) is 4.74 Å². The van der Waals surface area contributed by atoms with Crippen molar-refractivity contribution in [3.8, 4) is 0 Å². The number of hydrogen-bond acceptors (Lipinski definition) is 3. The normalized spacial score (nSPS) is 12.2. The zero-order valence-electron chi connectivity index (χ0n) is 7.45. The highest BCUT2D eigenvalue weighted by molar-refractivity contribution is 9.10. The molecule has 1 aromatic rings. The van der Waals surface area contributed by atoms with Crippen molar-refractivity contribution in [1.82, 2.24) is 4.98 Å². The van der Waals surface area contributed by atoms with Crippen molar-refractivity contribution >= 4 is 21.9 Å². The van der Waals surface area contributed by atoms with Crippen molar-refractivity contribution in [2.45, 2.75) is 20.0 Å². The lowest BCUT2D eigenvalue weighted by molar-refractivity contribution is -0.145. The summed E-state index contributed by atoms with van der Waals surface area (Å²) in [6, 6.07) is 5.49. The molecule has 13 heavy (non-hydrogen) atoms. The van der Waals surface area contributed by atoms with Gasteiger partial charge in [0.15, 0.2) is 0 Å². The van der Waals surface area contributed by atoms with E-state index in [0.29, 0.717) is 0 Å². The van der Waals surface area contributed by atoms with Crippen LogP contribution in [-0.4, -0.2) is 11.0 Å². The second-order valence-electron chi connectivity index (χ2n) is 2.64. The average molecular weight is 244 g/mol. The molecule has 0 aliphatic carbocycles. The van der Waals surface area contributed by atoms with Crippen LogP contribution in [0.1, 0.15) is 25.6 Å². The molecule has 0 radical (unpaired) electrons. The third kappa shape index (κ3) is 3.14. The number of ether oxygens (including phenoxy) is 1. The number of halogens is 1. The molecule has 0 aliphatic heterocycles. The molecule has 4 heteroatoms. The molecule has 1 heterocycles. The topological polar surface area (TPSA) is 39.2 Å². The first-order valence-electron chi connectivity index (χ1n) is 3.89. The van der Waals surface area contributed by atoms with Crippen LogP contribution in [0.4, 0.5) is 0 Å². The fourth-order valence-corrected chi connectivity index (χ4v) is 1.32. The molecule has 1 rings (SSSR count). The van der Waals surface area contributed by atoms with Gasteiger partial charge >= 0.3 is 5.97 Å². The largest absolute Gasteiger partial charge is 0.456 e. The zero-order chi connectivity index (χ0) is 9.84. The minimum absolute atomic E-state index is 0.296. The third-order valence-electron chi connectivity index (χ3n) is 1.50. The van der Waals surface area contributed by atoms with E-state index in [1.807, 2.05) is 18.2 Å². The van der Waals surface area contributed by atoms with Crippen LogP contribution in [0.5, 0.6) is 0 Å². The highest BCUT2D eigenvalue weighted by Gasteiger charge is 2.09. The molecule has 1 atom stereocenters. The summed E-state index contributed by atoms with van der Waals surface area (Å²) < 4.78 is 5.71. The van der Waals surface area contributed by atoms with Gasteiger partial charge in [-0.1, -0.05) is 6.07 Å². The molecule has 0 saturated carbocycles. The van der Waals surface area contributed by atoms with Gasteiger partial charge in [0.2, 0.25) is 0 Å². The van der Waals surface area contributed by atoms with Crippen molar-refractivity contribution in [2.75, 3.05) is 0 Å². The number of esters is 1. The van der Waals surface area contributed by atoms with Gasteiger partial charge in [0.05, 0.1) is 5.69 Å². The van der Waals surface area contributed by atoms with Gasteiger partial charge in [-0.05, 0) is 35.0 Å². The highest BCUT2D eigenvalue weighted by atomic mass is 79.9. The predicted molar refractivity (Wildman–Crippen MR) is 52.1 cm³/mol. The van der Waals surface area contributed by atoms with Crippen LogP contribution in [0, 0.1) is 0 Å². The molecule has 70 valence electrons. The minimum Gasteiger partial charge on any atom is -0.456 e. The Hall–Kier alpha value is -0.900. The number of rotatable bonds is 2. The standard InChI is InChI=1S/C9H10BrNO2/c1-6(13-7(2)12)8-4-3-5-9(10)11-8/h3-6H,1-2H3. The van der Waals surface area contributed by atoms with Crippen LogP contribution >= 0.6 is 15.9 Å². The van der Waals surface area contributed by atoms with Crippen LogP contribution in [0.15, 0.2) is 22.8 Å². The Morgan fingerprint density at radius 2 is 2.31 bits per heavy atom. The molecule has 0 N–H and O–H groups in total. The molecular formula is C9H10BrNO2. The van der Waals surface area contributed by atoms with Crippen molar-refractivity contribution in [1.29, 1.82) is 0 Å². The number of carbonyl (C=O) groups excluding carboxylic acids is 1. The molecule has 1 aromatic heterocycles. The SMILES string of the molecule is CC(=O)OC(C)c1cccc(Br)n1. The van der Waals surface area contributed by atoms with Gasteiger partial charge in [0.1, 0.15) is 10.7 Å². The monoisotopic (exact) mass is 243 g/mol. The van der Waals surface area contributed by atoms with E-state index < -0.39 is 0 Å². The Morgan fingerprint density at radius 1 is 1.62 bits per heavy atom. The van der Waals surface area contributed by atoms with Crippen LogP contribution in [0.3, 0.4) is 0 Å². The molecule has 0 spiro atoms. The summed E-state index contributed by atoms with van der Waals surface area (Å²) in [4.78, 5) is 14.8. The quantitative estimate of drug-likeness (QED) is 0.592. The van der Waals surface area contributed by atoms with Gasteiger partial charge in [-0.3, -0.25) is 4.79 Å². The van der Waals surface area contributed by atoms with Gasteiger partial charge < -0.3 is 4.74 Å². The molecule has 0 bridgehead atoms. The summed E-state index contributed by atoms with van der Waals surface area (Å²) in [6.45, 7) is 3.17. The predicted octanol–water partition coefficient (Wildman–Crippen LogP) is 2.47. The third-order valence-corrected chi connectivity index (χ3v) is 1.94. The summed E-state index contributed by atoms with van der Waals surface area (Å²) in [7, 11) is 0. The Bertz CT molecular complexity index is 314. The van der Waals surface area contributed by atoms with Crippen LogP contribution in [0.2, 0.25) is 0 Å². The maximum absolute atomic E-state index is 10.7. The molecule has 0 fully saturated rings. The Kier molecular flexibility index (Phi) is 3.42. The lowest BCUT2D eigenvalue weighted by atomic mass is 10.2. The molecule has 0 amide bonds. The Morgan fingerprint density at radius 3 is 2.85 bits per heavy atom. The summed E-state index contributed by atoms with van der Waals surface area (Å²) >= 11 is 3.25. The van der Waals surface area contributed by atoms with Crippen LogP contribution < -0.4 is 0 Å². The number of hydrogen-bond donors (Lipinski definition) is 0. The summed E-state index contributed by atoms with van der Waals surface area (Å²) in [5.74, 6) is -0.297. The highest BCUT2D eigenvalue weighted by Crippen LogP contribution is 2.16. The maximum atomic E-state index is 10.7. The lowest BCUT2D eigenvalue weighted by Crippen LogP contribution is -2.06. The fourth-order valence-electron chi connectivity index (χ4n) is 0.960. The number of pyridine rings is 1. The van der Waals surface area contributed by atoms with Gasteiger partial charge in [-0.2, -0.15) is 0 Å². The van der Waals surface area contributed by atoms with Gasteiger partial charge in [0.25, 0.3) is 0 Å². The lowest BCUT2D eigenvalue weighted by Gasteiger charge is -2.10. The van der Waals surface area contributed by atoms with Gasteiger partial charge in [-0.25, -0.2) is 4.98 Å². The van der Waals surface area contributed by atoms with Gasteiger partial charge in [0, 0.05) is 6.92 Å². The van der Waals surface area contributed by atoms with E-state index in [0.717, 1.165) is 10.3 Å². The van der Waals surface area contributed by atoms with Crippen molar-refractivity contribution < 1.29 is 9.53 Å². The van der Waals surface area contributed by atoms with Crippen LogP contribution in [0.25, 0.3) is 0 Å². The summed E-state index contributed by atoms with van der Waals surface area (Å²) in [5.41, 5.74) is 0.740. The van der Waals surface area contributed by atoms with E-state index in [1.165, 1.54) is 6.92 Å². The zero-order valence-corrected chi connectivity index (χ0v) is 9.04. The fraction of sp³-hybridized carbons (Fsp3) is 0.333. The molecular weight excluding hydrogens is 234 g/mol. The summed E-state index contributed by atoms with van der Waals surface area (Å²) in [5, 5.41) is 0.